The number of rotatable bonds is 4. The third-order valence-electron chi connectivity index (χ3n) is 3.72. The van der Waals surface area contributed by atoms with Crippen molar-refractivity contribution in [3.8, 4) is 0 Å². The molecular formula is C15H23N. The second-order valence-corrected chi connectivity index (χ2v) is 5.57. The van der Waals surface area contributed by atoms with Gasteiger partial charge in [0.2, 0.25) is 0 Å². The van der Waals surface area contributed by atoms with Crippen LogP contribution in [0.1, 0.15) is 49.4 Å². The Morgan fingerprint density at radius 1 is 1.19 bits per heavy atom. The summed E-state index contributed by atoms with van der Waals surface area (Å²) in [5.74, 6) is 0. The summed E-state index contributed by atoms with van der Waals surface area (Å²) in [5, 5.41) is 3.66. The van der Waals surface area contributed by atoms with Crippen LogP contribution < -0.4 is 5.32 Å². The molecule has 0 aromatic heterocycles. The highest BCUT2D eigenvalue weighted by Gasteiger charge is 2.45. The molecule has 1 atom stereocenters. The van der Waals surface area contributed by atoms with Crippen molar-refractivity contribution in [3.63, 3.8) is 0 Å². The van der Waals surface area contributed by atoms with Gasteiger partial charge in [0.15, 0.2) is 0 Å². The summed E-state index contributed by atoms with van der Waals surface area (Å²) in [4.78, 5) is 0. The van der Waals surface area contributed by atoms with Crippen molar-refractivity contribution in [2.75, 3.05) is 6.54 Å². The minimum Gasteiger partial charge on any atom is -0.310 e. The van der Waals surface area contributed by atoms with E-state index in [0.717, 1.165) is 6.54 Å². The van der Waals surface area contributed by atoms with Crippen molar-refractivity contribution in [2.24, 2.45) is 5.41 Å². The van der Waals surface area contributed by atoms with Gasteiger partial charge in [-0.1, -0.05) is 43.2 Å². The van der Waals surface area contributed by atoms with Gasteiger partial charge in [-0.2, -0.15) is 0 Å². The highest BCUT2D eigenvalue weighted by molar-refractivity contribution is 5.32. The van der Waals surface area contributed by atoms with E-state index in [1.54, 1.807) is 0 Å². The molecular weight excluding hydrogens is 194 g/mol. The molecule has 0 aliphatic heterocycles. The van der Waals surface area contributed by atoms with E-state index in [4.69, 9.17) is 0 Å². The third-order valence-corrected chi connectivity index (χ3v) is 3.72. The molecule has 1 aliphatic carbocycles. The molecule has 0 heterocycles. The summed E-state index contributed by atoms with van der Waals surface area (Å²) >= 11 is 0. The van der Waals surface area contributed by atoms with Gasteiger partial charge in [-0.3, -0.25) is 0 Å². The highest BCUT2D eigenvalue weighted by Crippen LogP contribution is 2.54. The van der Waals surface area contributed by atoms with Crippen molar-refractivity contribution in [1.29, 1.82) is 0 Å². The minimum atomic E-state index is 0.496. The molecule has 0 saturated heterocycles. The number of hydrogen-bond donors (Lipinski definition) is 1. The van der Waals surface area contributed by atoms with Crippen LogP contribution in [0.25, 0.3) is 0 Å². The first-order valence-electron chi connectivity index (χ1n) is 6.37. The molecule has 1 aliphatic rings. The SMILES string of the molecule is CCNC(c1cc(C)cc(C)c1)C1(C)CC1. The van der Waals surface area contributed by atoms with E-state index in [2.05, 4.69) is 51.2 Å². The standard InChI is InChI=1S/C15H23N/c1-5-16-14(15(4)6-7-15)13-9-11(2)8-12(3)10-13/h8-10,14,16H,5-7H2,1-4H3. The maximum atomic E-state index is 3.66. The molecule has 88 valence electrons. The zero-order valence-electron chi connectivity index (χ0n) is 10.9. The molecule has 1 nitrogen and oxygen atoms in total. The fourth-order valence-electron chi connectivity index (χ4n) is 2.63. The lowest BCUT2D eigenvalue weighted by Gasteiger charge is -2.25. The third kappa shape index (κ3) is 2.30. The van der Waals surface area contributed by atoms with Crippen LogP contribution in [-0.2, 0) is 0 Å². The molecule has 1 saturated carbocycles. The summed E-state index contributed by atoms with van der Waals surface area (Å²) < 4.78 is 0. The molecule has 1 heteroatoms. The molecule has 0 amide bonds. The molecule has 1 fully saturated rings. The Balaban J connectivity index is 2.31. The second-order valence-electron chi connectivity index (χ2n) is 5.57. The fourth-order valence-corrected chi connectivity index (χ4v) is 2.63. The summed E-state index contributed by atoms with van der Waals surface area (Å²) in [5.41, 5.74) is 4.72. The number of hydrogen-bond acceptors (Lipinski definition) is 1. The van der Waals surface area contributed by atoms with Crippen molar-refractivity contribution in [1.82, 2.24) is 5.32 Å². The molecule has 0 bridgehead atoms. The van der Waals surface area contributed by atoms with E-state index in [-0.39, 0.29) is 0 Å². The maximum absolute atomic E-state index is 3.66. The lowest BCUT2D eigenvalue weighted by molar-refractivity contribution is 0.373. The molecule has 0 radical (unpaired) electrons. The Kier molecular flexibility index (Phi) is 3.07. The predicted molar refractivity (Wildman–Crippen MR) is 69.7 cm³/mol. The Labute approximate surface area is 99.3 Å². The first kappa shape index (κ1) is 11.7. The van der Waals surface area contributed by atoms with E-state index in [0.29, 0.717) is 11.5 Å². The second kappa shape index (κ2) is 4.21. The number of benzene rings is 1. The average Bonchev–Trinajstić information content (AvgIpc) is 2.92. The molecule has 2 rings (SSSR count). The zero-order valence-corrected chi connectivity index (χ0v) is 10.9. The van der Waals surface area contributed by atoms with Crippen molar-refractivity contribution >= 4 is 0 Å². The summed E-state index contributed by atoms with van der Waals surface area (Å²) in [6.45, 7) is 10.0. The van der Waals surface area contributed by atoms with Crippen LogP contribution in [0, 0.1) is 19.3 Å². The van der Waals surface area contributed by atoms with Gasteiger partial charge in [0, 0.05) is 6.04 Å². The normalized spacial score (nSPS) is 19.5. The van der Waals surface area contributed by atoms with Crippen molar-refractivity contribution in [3.05, 3.63) is 34.9 Å². The van der Waals surface area contributed by atoms with E-state index in [9.17, 15) is 0 Å². The van der Waals surface area contributed by atoms with Crippen LogP contribution in [0.2, 0.25) is 0 Å². The summed E-state index contributed by atoms with van der Waals surface area (Å²) in [6.07, 6.45) is 2.72. The Bertz CT molecular complexity index is 357. The van der Waals surface area contributed by atoms with Gasteiger partial charge < -0.3 is 5.32 Å². The average molecular weight is 217 g/mol. The van der Waals surface area contributed by atoms with Crippen LogP contribution in [0.5, 0.6) is 0 Å². The number of aryl methyl sites for hydroxylation is 2. The van der Waals surface area contributed by atoms with Crippen LogP contribution in [0.4, 0.5) is 0 Å². The highest BCUT2D eigenvalue weighted by atomic mass is 14.9. The predicted octanol–water partition coefficient (Wildman–Crippen LogP) is 3.75. The molecule has 0 spiro atoms. The first-order chi connectivity index (χ1) is 7.55. The van der Waals surface area contributed by atoms with Gasteiger partial charge >= 0.3 is 0 Å². The van der Waals surface area contributed by atoms with Gasteiger partial charge in [-0.05, 0) is 44.2 Å². The fraction of sp³-hybridized carbons (Fsp3) is 0.600. The molecule has 1 aromatic rings. The monoisotopic (exact) mass is 217 g/mol. The molecule has 1 unspecified atom stereocenters. The minimum absolute atomic E-state index is 0.496. The van der Waals surface area contributed by atoms with Crippen LogP contribution in [-0.4, -0.2) is 6.54 Å². The molecule has 1 aromatic carbocycles. The van der Waals surface area contributed by atoms with Crippen molar-refractivity contribution < 1.29 is 0 Å². The van der Waals surface area contributed by atoms with Gasteiger partial charge in [-0.25, -0.2) is 0 Å². The van der Waals surface area contributed by atoms with Crippen LogP contribution in [0.3, 0.4) is 0 Å². The Morgan fingerprint density at radius 2 is 1.75 bits per heavy atom. The maximum Gasteiger partial charge on any atom is 0.0374 e. The van der Waals surface area contributed by atoms with Gasteiger partial charge in [0.05, 0.1) is 0 Å². The topological polar surface area (TPSA) is 12.0 Å². The Morgan fingerprint density at radius 3 is 2.19 bits per heavy atom. The summed E-state index contributed by atoms with van der Waals surface area (Å²) in [7, 11) is 0. The van der Waals surface area contributed by atoms with Gasteiger partial charge in [0.1, 0.15) is 0 Å². The first-order valence-corrected chi connectivity index (χ1v) is 6.37. The van der Waals surface area contributed by atoms with Crippen LogP contribution >= 0.6 is 0 Å². The van der Waals surface area contributed by atoms with Crippen LogP contribution in [0.15, 0.2) is 18.2 Å². The molecule has 1 N–H and O–H groups in total. The van der Waals surface area contributed by atoms with Gasteiger partial charge in [-0.15, -0.1) is 0 Å². The quantitative estimate of drug-likeness (QED) is 0.810. The zero-order chi connectivity index (χ0) is 11.8. The Hall–Kier alpha value is -0.820. The van der Waals surface area contributed by atoms with E-state index in [1.807, 2.05) is 0 Å². The largest absolute Gasteiger partial charge is 0.310 e. The number of nitrogens with one attached hydrogen (secondary N) is 1. The lowest BCUT2D eigenvalue weighted by atomic mass is 9.90. The van der Waals surface area contributed by atoms with Crippen molar-refractivity contribution in [2.45, 2.75) is 46.6 Å². The van der Waals surface area contributed by atoms with E-state index >= 15 is 0 Å². The summed E-state index contributed by atoms with van der Waals surface area (Å²) in [6, 6.07) is 7.46. The van der Waals surface area contributed by atoms with E-state index in [1.165, 1.54) is 29.5 Å². The van der Waals surface area contributed by atoms with Gasteiger partial charge in [0.25, 0.3) is 0 Å². The smallest absolute Gasteiger partial charge is 0.0374 e. The molecule has 16 heavy (non-hydrogen) atoms. The lowest BCUT2D eigenvalue weighted by Crippen LogP contribution is -2.28. The van der Waals surface area contributed by atoms with E-state index < -0.39 is 0 Å².